The smallest absolute Gasteiger partial charge is 0.312 e. The monoisotopic (exact) mass is 199 g/mol. The van der Waals surface area contributed by atoms with Crippen molar-refractivity contribution in [2.75, 3.05) is 26.3 Å². The van der Waals surface area contributed by atoms with Crippen molar-refractivity contribution in [3.05, 3.63) is 0 Å². The van der Waals surface area contributed by atoms with Crippen LogP contribution in [0.5, 0.6) is 0 Å². The summed E-state index contributed by atoms with van der Waals surface area (Å²) in [5.74, 6) is -0.0488. The molecule has 0 aromatic carbocycles. The predicted molar refractivity (Wildman–Crippen MR) is 50.9 cm³/mol. The first-order valence-corrected chi connectivity index (χ1v) is 5.20. The van der Waals surface area contributed by atoms with Crippen LogP contribution in [0.4, 0.5) is 0 Å². The molecule has 4 heteroatoms. The lowest BCUT2D eigenvalue weighted by molar-refractivity contribution is -0.184. The van der Waals surface area contributed by atoms with Gasteiger partial charge in [0.25, 0.3) is 0 Å². The summed E-state index contributed by atoms with van der Waals surface area (Å²) < 4.78 is 10.3. The molecular formula is C10H17NO3. The van der Waals surface area contributed by atoms with E-state index in [0.29, 0.717) is 13.2 Å². The Morgan fingerprint density at radius 2 is 2.07 bits per heavy atom. The minimum absolute atomic E-state index is 0.00853. The van der Waals surface area contributed by atoms with Gasteiger partial charge < -0.3 is 14.8 Å². The van der Waals surface area contributed by atoms with Crippen molar-refractivity contribution in [1.82, 2.24) is 5.32 Å². The van der Waals surface area contributed by atoms with Gasteiger partial charge >= 0.3 is 5.97 Å². The van der Waals surface area contributed by atoms with Crippen molar-refractivity contribution in [3.8, 4) is 0 Å². The lowest BCUT2D eigenvalue weighted by atomic mass is 9.81. The highest BCUT2D eigenvalue weighted by molar-refractivity contribution is 5.76. The molecule has 0 atom stereocenters. The molecule has 4 nitrogen and oxygen atoms in total. The Labute approximate surface area is 84.0 Å². The zero-order valence-corrected chi connectivity index (χ0v) is 8.54. The molecule has 2 fully saturated rings. The molecule has 1 N–H and O–H groups in total. The lowest BCUT2D eigenvalue weighted by Gasteiger charge is -2.35. The van der Waals surface area contributed by atoms with Gasteiger partial charge in [0.05, 0.1) is 18.6 Å². The van der Waals surface area contributed by atoms with Crippen LogP contribution in [0.1, 0.15) is 19.8 Å². The molecule has 0 spiro atoms. The molecule has 14 heavy (non-hydrogen) atoms. The Morgan fingerprint density at radius 1 is 1.43 bits per heavy atom. The van der Waals surface area contributed by atoms with Crippen LogP contribution >= 0.6 is 0 Å². The van der Waals surface area contributed by atoms with E-state index in [1.807, 2.05) is 6.92 Å². The van der Waals surface area contributed by atoms with E-state index in [2.05, 4.69) is 5.32 Å². The first kappa shape index (κ1) is 9.93. The number of rotatable bonds is 2. The molecule has 0 aliphatic carbocycles. The van der Waals surface area contributed by atoms with Gasteiger partial charge in [-0.05, 0) is 32.9 Å². The molecule has 0 saturated carbocycles. The number of hydrogen-bond acceptors (Lipinski definition) is 4. The summed E-state index contributed by atoms with van der Waals surface area (Å²) in [6, 6.07) is 0. The topological polar surface area (TPSA) is 47.6 Å². The van der Waals surface area contributed by atoms with Gasteiger partial charge in [-0.3, -0.25) is 4.79 Å². The summed E-state index contributed by atoms with van der Waals surface area (Å²) >= 11 is 0. The maximum absolute atomic E-state index is 11.8. The van der Waals surface area contributed by atoms with Gasteiger partial charge in [0.2, 0.25) is 0 Å². The quantitative estimate of drug-likeness (QED) is 0.651. The third kappa shape index (κ3) is 1.91. The molecule has 0 radical (unpaired) electrons. The van der Waals surface area contributed by atoms with E-state index in [0.717, 1.165) is 25.9 Å². The zero-order chi connectivity index (χ0) is 10.0. The largest absolute Gasteiger partial charge is 0.457 e. The maximum atomic E-state index is 11.8. The summed E-state index contributed by atoms with van der Waals surface area (Å²) in [6.45, 7) is 4.95. The van der Waals surface area contributed by atoms with E-state index in [1.165, 1.54) is 0 Å². The molecule has 80 valence electrons. The second-order valence-corrected chi connectivity index (χ2v) is 4.38. The zero-order valence-electron chi connectivity index (χ0n) is 8.54. The fourth-order valence-electron chi connectivity index (χ4n) is 1.76. The summed E-state index contributed by atoms with van der Waals surface area (Å²) in [4.78, 5) is 11.8. The van der Waals surface area contributed by atoms with Gasteiger partial charge in [-0.15, -0.1) is 0 Å². The number of nitrogens with one attached hydrogen (secondary N) is 1. The van der Waals surface area contributed by atoms with E-state index >= 15 is 0 Å². The van der Waals surface area contributed by atoms with Crippen molar-refractivity contribution < 1.29 is 14.3 Å². The first-order valence-electron chi connectivity index (χ1n) is 5.20. The van der Waals surface area contributed by atoms with Crippen LogP contribution in [-0.2, 0) is 14.3 Å². The number of esters is 1. The Morgan fingerprint density at radius 3 is 2.57 bits per heavy atom. The minimum atomic E-state index is -0.277. The Balaban J connectivity index is 1.87. The van der Waals surface area contributed by atoms with Gasteiger partial charge in [-0.1, -0.05) is 0 Å². The van der Waals surface area contributed by atoms with Gasteiger partial charge in [0.15, 0.2) is 0 Å². The van der Waals surface area contributed by atoms with Crippen molar-refractivity contribution in [1.29, 1.82) is 0 Å². The Hall–Kier alpha value is -0.610. The summed E-state index contributed by atoms with van der Waals surface area (Å²) in [5, 5.41) is 3.24. The summed E-state index contributed by atoms with van der Waals surface area (Å²) in [5.41, 5.74) is -0.277. The molecule has 2 aliphatic rings. The first-order chi connectivity index (χ1) is 6.71. The number of hydrogen-bond donors (Lipinski definition) is 1. The molecule has 0 aromatic rings. The molecule has 0 amide bonds. The van der Waals surface area contributed by atoms with Crippen molar-refractivity contribution >= 4 is 5.97 Å². The highest BCUT2D eigenvalue weighted by Gasteiger charge is 2.38. The van der Waals surface area contributed by atoms with E-state index in [4.69, 9.17) is 9.47 Å². The lowest BCUT2D eigenvalue weighted by Crippen LogP contribution is -2.45. The van der Waals surface area contributed by atoms with Crippen molar-refractivity contribution in [3.63, 3.8) is 0 Å². The fraction of sp³-hybridized carbons (Fsp3) is 0.900. The third-order valence-electron chi connectivity index (χ3n) is 3.08. The van der Waals surface area contributed by atoms with Crippen LogP contribution in [-0.4, -0.2) is 38.4 Å². The minimum Gasteiger partial charge on any atom is -0.457 e. The Kier molecular flexibility index (Phi) is 2.74. The second kappa shape index (κ2) is 3.87. The fourth-order valence-corrected chi connectivity index (χ4v) is 1.76. The van der Waals surface area contributed by atoms with Crippen LogP contribution in [0.15, 0.2) is 0 Å². The molecule has 0 bridgehead atoms. The highest BCUT2D eigenvalue weighted by atomic mass is 16.6. The SMILES string of the molecule is CC1(C(=O)OC2COC2)CCNCC1. The predicted octanol–water partition coefficient (Wildman–Crippen LogP) is 0.318. The van der Waals surface area contributed by atoms with E-state index < -0.39 is 0 Å². The van der Waals surface area contributed by atoms with Crippen molar-refractivity contribution in [2.24, 2.45) is 5.41 Å². The van der Waals surface area contributed by atoms with Gasteiger partial charge in [0.1, 0.15) is 6.10 Å². The number of carbonyl (C=O) groups is 1. The van der Waals surface area contributed by atoms with Crippen LogP contribution in [0.2, 0.25) is 0 Å². The molecule has 2 saturated heterocycles. The average molecular weight is 199 g/mol. The number of piperidine rings is 1. The number of ether oxygens (including phenoxy) is 2. The van der Waals surface area contributed by atoms with E-state index in [-0.39, 0.29) is 17.5 Å². The molecule has 2 aliphatic heterocycles. The van der Waals surface area contributed by atoms with Crippen LogP contribution in [0, 0.1) is 5.41 Å². The Bertz CT molecular complexity index is 219. The average Bonchev–Trinajstić information content (AvgIpc) is 2.12. The highest BCUT2D eigenvalue weighted by Crippen LogP contribution is 2.30. The molecular weight excluding hydrogens is 182 g/mol. The second-order valence-electron chi connectivity index (χ2n) is 4.38. The summed E-state index contributed by atoms with van der Waals surface area (Å²) in [6.07, 6.45) is 1.76. The molecule has 0 aromatic heterocycles. The van der Waals surface area contributed by atoms with Crippen LogP contribution in [0.3, 0.4) is 0 Å². The normalized spacial score (nSPS) is 26.6. The number of carbonyl (C=O) groups excluding carboxylic acids is 1. The standard InChI is InChI=1S/C10H17NO3/c1-10(2-4-11-5-3-10)9(12)14-8-6-13-7-8/h8,11H,2-7H2,1H3. The van der Waals surface area contributed by atoms with Gasteiger partial charge in [-0.2, -0.15) is 0 Å². The van der Waals surface area contributed by atoms with Gasteiger partial charge in [0, 0.05) is 0 Å². The van der Waals surface area contributed by atoms with Crippen LogP contribution < -0.4 is 5.32 Å². The molecule has 0 unspecified atom stereocenters. The van der Waals surface area contributed by atoms with E-state index in [1.54, 1.807) is 0 Å². The molecule has 2 heterocycles. The summed E-state index contributed by atoms with van der Waals surface area (Å²) in [7, 11) is 0. The molecule has 2 rings (SSSR count). The third-order valence-corrected chi connectivity index (χ3v) is 3.08. The van der Waals surface area contributed by atoms with Crippen molar-refractivity contribution in [2.45, 2.75) is 25.9 Å². The maximum Gasteiger partial charge on any atom is 0.312 e. The van der Waals surface area contributed by atoms with Gasteiger partial charge in [-0.25, -0.2) is 0 Å². The van der Waals surface area contributed by atoms with Crippen LogP contribution in [0.25, 0.3) is 0 Å². The van der Waals surface area contributed by atoms with E-state index in [9.17, 15) is 4.79 Å².